The Hall–Kier alpha value is -1.91. The molecule has 0 saturated heterocycles. The Morgan fingerprint density at radius 2 is 2.19 bits per heavy atom. The largest absolute Gasteiger partial charge is 0.423 e. The van der Waals surface area contributed by atoms with Crippen molar-refractivity contribution in [3.05, 3.63) is 46.5 Å². The predicted octanol–water partition coefficient (Wildman–Crippen LogP) is 1.40. The molecule has 0 aliphatic heterocycles. The predicted molar refractivity (Wildman–Crippen MR) is 58.2 cm³/mol. The first-order chi connectivity index (χ1) is 7.66. The summed E-state index contributed by atoms with van der Waals surface area (Å²) in [6.07, 6.45) is 1.70. The Morgan fingerprint density at radius 3 is 2.81 bits per heavy atom. The Morgan fingerprint density at radius 1 is 1.38 bits per heavy atom. The van der Waals surface area contributed by atoms with Crippen LogP contribution < -0.4 is 5.56 Å². The van der Waals surface area contributed by atoms with Gasteiger partial charge >= 0.3 is 0 Å². The minimum Gasteiger partial charge on any atom is -0.423 e. The zero-order chi connectivity index (χ0) is 11.5. The van der Waals surface area contributed by atoms with Crippen LogP contribution in [0.1, 0.15) is 31.5 Å². The standard InChI is InChI=1S/C11H13N3O2/c1-8(2)11-13-12-9(16-11)7-14-6-4-3-5-10(14)15/h3-6,8H,7H2,1-2H3. The van der Waals surface area contributed by atoms with E-state index >= 15 is 0 Å². The smallest absolute Gasteiger partial charge is 0.250 e. The summed E-state index contributed by atoms with van der Waals surface area (Å²) in [5, 5.41) is 7.81. The van der Waals surface area contributed by atoms with Crippen molar-refractivity contribution in [2.45, 2.75) is 26.3 Å². The first-order valence-electron chi connectivity index (χ1n) is 5.14. The maximum Gasteiger partial charge on any atom is 0.250 e. The van der Waals surface area contributed by atoms with Crippen LogP contribution in [0.3, 0.4) is 0 Å². The summed E-state index contributed by atoms with van der Waals surface area (Å²) in [5.41, 5.74) is -0.0770. The Bertz CT molecular complexity index is 528. The second kappa shape index (κ2) is 4.30. The van der Waals surface area contributed by atoms with E-state index in [2.05, 4.69) is 10.2 Å². The van der Waals surface area contributed by atoms with Crippen LogP contribution >= 0.6 is 0 Å². The van der Waals surface area contributed by atoms with Crippen LogP contribution in [0.5, 0.6) is 0 Å². The summed E-state index contributed by atoms with van der Waals surface area (Å²) >= 11 is 0. The zero-order valence-electron chi connectivity index (χ0n) is 9.25. The van der Waals surface area contributed by atoms with E-state index < -0.39 is 0 Å². The van der Waals surface area contributed by atoms with Gasteiger partial charge in [-0.25, -0.2) is 0 Å². The van der Waals surface area contributed by atoms with Gasteiger partial charge in [0, 0.05) is 18.2 Å². The van der Waals surface area contributed by atoms with Gasteiger partial charge in [0.15, 0.2) is 0 Å². The summed E-state index contributed by atoms with van der Waals surface area (Å²) in [5.74, 6) is 1.25. The Kier molecular flexibility index (Phi) is 2.85. The number of hydrogen-bond donors (Lipinski definition) is 0. The van der Waals surface area contributed by atoms with Crippen molar-refractivity contribution in [2.75, 3.05) is 0 Å². The maximum atomic E-state index is 11.4. The molecule has 0 aliphatic carbocycles. The normalized spacial score (nSPS) is 10.9. The van der Waals surface area contributed by atoms with E-state index in [-0.39, 0.29) is 11.5 Å². The third-order valence-electron chi connectivity index (χ3n) is 2.18. The van der Waals surface area contributed by atoms with Crippen molar-refractivity contribution in [3.8, 4) is 0 Å². The van der Waals surface area contributed by atoms with Gasteiger partial charge in [-0.15, -0.1) is 10.2 Å². The van der Waals surface area contributed by atoms with Crippen molar-refractivity contribution < 1.29 is 4.42 Å². The second-order valence-corrected chi connectivity index (χ2v) is 3.86. The van der Waals surface area contributed by atoms with Gasteiger partial charge < -0.3 is 8.98 Å². The van der Waals surface area contributed by atoms with E-state index in [1.165, 1.54) is 10.6 Å². The van der Waals surface area contributed by atoms with Gasteiger partial charge in [-0.05, 0) is 6.07 Å². The van der Waals surface area contributed by atoms with E-state index in [0.717, 1.165) is 0 Å². The average Bonchev–Trinajstić information content (AvgIpc) is 2.70. The van der Waals surface area contributed by atoms with Gasteiger partial charge in [-0.2, -0.15) is 0 Å². The number of rotatable bonds is 3. The van der Waals surface area contributed by atoms with Gasteiger partial charge in [0.1, 0.15) is 6.54 Å². The molecule has 2 aromatic heterocycles. The minimum atomic E-state index is -0.0770. The summed E-state index contributed by atoms with van der Waals surface area (Å²) in [7, 11) is 0. The molecule has 0 N–H and O–H groups in total. The first-order valence-corrected chi connectivity index (χ1v) is 5.14. The van der Waals surface area contributed by atoms with Crippen LogP contribution in [0.2, 0.25) is 0 Å². The lowest BCUT2D eigenvalue weighted by Crippen LogP contribution is -2.18. The van der Waals surface area contributed by atoms with Gasteiger partial charge in [-0.1, -0.05) is 19.9 Å². The van der Waals surface area contributed by atoms with Crippen LogP contribution in [-0.4, -0.2) is 14.8 Å². The molecule has 5 nitrogen and oxygen atoms in total. The second-order valence-electron chi connectivity index (χ2n) is 3.86. The Labute approximate surface area is 92.7 Å². The summed E-state index contributed by atoms with van der Waals surface area (Å²) in [6.45, 7) is 4.28. The number of hydrogen-bond acceptors (Lipinski definition) is 4. The average molecular weight is 219 g/mol. The van der Waals surface area contributed by atoms with Crippen LogP contribution in [0, 0.1) is 0 Å². The van der Waals surface area contributed by atoms with Gasteiger partial charge in [0.25, 0.3) is 5.56 Å². The Balaban J connectivity index is 2.21. The van der Waals surface area contributed by atoms with Crippen molar-refractivity contribution in [1.29, 1.82) is 0 Å². The monoisotopic (exact) mass is 219 g/mol. The lowest BCUT2D eigenvalue weighted by molar-refractivity contribution is 0.421. The van der Waals surface area contributed by atoms with Crippen molar-refractivity contribution >= 4 is 0 Å². The molecule has 0 aromatic carbocycles. The van der Waals surface area contributed by atoms with E-state index in [0.29, 0.717) is 18.3 Å². The molecule has 0 fully saturated rings. The third-order valence-corrected chi connectivity index (χ3v) is 2.18. The molecule has 0 spiro atoms. The van der Waals surface area contributed by atoms with Crippen LogP contribution in [0.15, 0.2) is 33.6 Å². The van der Waals surface area contributed by atoms with Crippen molar-refractivity contribution in [1.82, 2.24) is 14.8 Å². The molecule has 0 saturated carbocycles. The fourth-order valence-electron chi connectivity index (χ4n) is 1.30. The van der Waals surface area contributed by atoms with E-state index in [1.54, 1.807) is 18.3 Å². The molecule has 0 aliphatic rings. The van der Waals surface area contributed by atoms with E-state index in [1.807, 2.05) is 13.8 Å². The third kappa shape index (κ3) is 2.18. The van der Waals surface area contributed by atoms with Crippen LogP contribution in [-0.2, 0) is 6.54 Å². The lowest BCUT2D eigenvalue weighted by Gasteiger charge is -2.00. The number of pyridine rings is 1. The number of nitrogens with zero attached hydrogens (tertiary/aromatic N) is 3. The van der Waals surface area contributed by atoms with Gasteiger partial charge in [0.2, 0.25) is 11.8 Å². The molecule has 2 heterocycles. The van der Waals surface area contributed by atoms with Crippen molar-refractivity contribution in [2.24, 2.45) is 0 Å². The summed E-state index contributed by atoms with van der Waals surface area (Å²) in [4.78, 5) is 11.4. The molecule has 0 unspecified atom stereocenters. The van der Waals surface area contributed by atoms with Gasteiger partial charge in [-0.3, -0.25) is 4.79 Å². The van der Waals surface area contributed by atoms with E-state index in [9.17, 15) is 4.79 Å². The zero-order valence-corrected chi connectivity index (χ0v) is 9.25. The fraction of sp³-hybridized carbons (Fsp3) is 0.364. The topological polar surface area (TPSA) is 60.9 Å². The lowest BCUT2D eigenvalue weighted by atomic mass is 10.2. The maximum absolute atomic E-state index is 11.4. The van der Waals surface area contributed by atoms with Crippen LogP contribution in [0.4, 0.5) is 0 Å². The molecule has 0 bridgehead atoms. The highest BCUT2D eigenvalue weighted by atomic mass is 16.4. The molecule has 0 amide bonds. The molecule has 5 heteroatoms. The van der Waals surface area contributed by atoms with E-state index in [4.69, 9.17) is 4.42 Å². The fourth-order valence-corrected chi connectivity index (χ4v) is 1.30. The molecule has 2 rings (SSSR count). The molecule has 0 atom stereocenters. The van der Waals surface area contributed by atoms with Crippen molar-refractivity contribution in [3.63, 3.8) is 0 Å². The van der Waals surface area contributed by atoms with Crippen LogP contribution in [0.25, 0.3) is 0 Å². The molecular formula is C11H13N3O2. The summed E-state index contributed by atoms with van der Waals surface area (Å²) < 4.78 is 6.95. The SMILES string of the molecule is CC(C)c1nnc(Cn2ccccc2=O)o1. The molecule has 84 valence electrons. The highest BCUT2D eigenvalue weighted by molar-refractivity contribution is 4.96. The molecule has 0 radical (unpaired) electrons. The first kappa shape index (κ1) is 10.6. The molecular weight excluding hydrogens is 206 g/mol. The highest BCUT2D eigenvalue weighted by Crippen LogP contribution is 2.12. The molecule has 2 aromatic rings. The van der Waals surface area contributed by atoms with Gasteiger partial charge in [0.05, 0.1) is 0 Å². The molecule has 16 heavy (non-hydrogen) atoms. The minimum absolute atomic E-state index is 0.0770. The number of aromatic nitrogens is 3. The highest BCUT2D eigenvalue weighted by Gasteiger charge is 2.09. The quantitative estimate of drug-likeness (QED) is 0.782. The summed E-state index contributed by atoms with van der Waals surface area (Å²) in [6, 6.07) is 4.99.